The summed E-state index contributed by atoms with van der Waals surface area (Å²) in [6.45, 7) is 2.74. The molecule has 4 heteroatoms. The summed E-state index contributed by atoms with van der Waals surface area (Å²) in [6, 6.07) is 8.06. The molecule has 0 aliphatic rings. The molecule has 2 N–H and O–H groups in total. The van der Waals surface area contributed by atoms with Gasteiger partial charge in [-0.3, -0.25) is 9.98 Å². The molecular formula is C13H16N4. The van der Waals surface area contributed by atoms with E-state index in [9.17, 15) is 0 Å². The van der Waals surface area contributed by atoms with Gasteiger partial charge in [0.05, 0.1) is 24.0 Å². The molecule has 0 spiro atoms. The summed E-state index contributed by atoms with van der Waals surface area (Å²) < 4.78 is 0. The van der Waals surface area contributed by atoms with Crippen LogP contribution in [0.3, 0.4) is 0 Å². The molecule has 2 heterocycles. The summed E-state index contributed by atoms with van der Waals surface area (Å²) in [4.78, 5) is 14.9. The minimum atomic E-state index is 0.185. The standard InChI is InChI=1S/C13H16N4/c1-11(17-10-13-5-3-7-16-13)8-14-9-12-4-2-6-15-12/h2-7,9-11,15-16H,8H2,1H3. The van der Waals surface area contributed by atoms with Crippen molar-refractivity contribution in [3.05, 3.63) is 48.0 Å². The van der Waals surface area contributed by atoms with Gasteiger partial charge in [0, 0.05) is 24.8 Å². The fraction of sp³-hybridized carbons (Fsp3) is 0.231. The van der Waals surface area contributed by atoms with E-state index in [0.717, 1.165) is 11.4 Å². The number of aliphatic imine (C=N–C) groups is 2. The Bertz CT molecular complexity index is 466. The van der Waals surface area contributed by atoms with Gasteiger partial charge < -0.3 is 9.97 Å². The Morgan fingerprint density at radius 2 is 1.76 bits per heavy atom. The van der Waals surface area contributed by atoms with Crippen LogP contribution in [0.1, 0.15) is 18.3 Å². The van der Waals surface area contributed by atoms with Crippen LogP contribution in [0.15, 0.2) is 46.6 Å². The maximum Gasteiger partial charge on any atom is 0.0667 e. The van der Waals surface area contributed by atoms with Crippen molar-refractivity contribution in [1.29, 1.82) is 0 Å². The number of hydrogen-bond donors (Lipinski definition) is 2. The quantitative estimate of drug-likeness (QED) is 0.738. The van der Waals surface area contributed by atoms with Gasteiger partial charge >= 0.3 is 0 Å². The Morgan fingerprint density at radius 3 is 2.35 bits per heavy atom. The minimum Gasteiger partial charge on any atom is -0.360 e. The lowest BCUT2D eigenvalue weighted by Gasteiger charge is -2.00. The van der Waals surface area contributed by atoms with E-state index in [1.54, 1.807) is 0 Å². The van der Waals surface area contributed by atoms with Crippen molar-refractivity contribution < 1.29 is 0 Å². The summed E-state index contributed by atoms with van der Waals surface area (Å²) in [5, 5.41) is 0. The molecule has 1 unspecified atom stereocenters. The highest BCUT2D eigenvalue weighted by Gasteiger charge is 1.95. The van der Waals surface area contributed by atoms with Crippen LogP contribution in [0, 0.1) is 0 Å². The second-order valence-electron chi connectivity index (χ2n) is 3.87. The topological polar surface area (TPSA) is 56.3 Å². The van der Waals surface area contributed by atoms with Crippen LogP contribution in [0.25, 0.3) is 0 Å². The molecule has 0 amide bonds. The van der Waals surface area contributed by atoms with E-state index in [4.69, 9.17) is 0 Å². The van der Waals surface area contributed by atoms with Crippen LogP contribution in [-0.4, -0.2) is 35.0 Å². The molecule has 17 heavy (non-hydrogen) atoms. The predicted molar refractivity (Wildman–Crippen MR) is 71.1 cm³/mol. The van der Waals surface area contributed by atoms with Gasteiger partial charge in [-0.05, 0) is 31.2 Å². The zero-order valence-electron chi connectivity index (χ0n) is 9.80. The second kappa shape index (κ2) is 5.84. The molecular weight excluding hydrogens is 212 g/mol. The van der Waals surface area contributed by atoms with E-state index in [1.165, 1.54) is 0 Å². The lowest BCUT2D eigenvalue weighted by Crippen LogP contribution is -2.03. The fourth-order valence-electron chi connectivity index (χ4n) is 1.41. The zero-order valence-corrected chi connectivity index (χ0v) is 9.80. The van der Waals surface area contributed by atoms with Crippen molar-refractivity contribution in [2.24, 2.45) is 9.98 Å². The number of hydrogen-bond acceptors (Lipinski definition) is 2. The Morgan fingerprint density at radius 1 is 1.12 bits per heavy atom. The normalized spacial score (nSPS) is 13.7. The van der Waals surface area contributed by atoms with Gasteiger partial charge in [-0.2, -0.15) is 0 Å². The van der Waals surface area contributed by atoms with Crippen LogP contribution in [0.5, 0.6) is 0 Å². The highest BCUT2D eigenvalue weighted by Crippen LogP contribution is 1.95. The molecule has 0 radical (unpaired) electrons. The first-order chi connectivity index (χ1) is 8.34. The van der Waals surface area contributed by atoms with Crippen molar-refractivity contribution >= 4 is 12.4 Å². The third-order valence-corrected chi connectivity index (χ3v) is 2.31. The number of rotatable bonds is 5. The average molecular weight is 228 g/mol. The summed E-state index contributed by atoms with van der Waals surface area (Å²) in [5.74, 6) is 0. The van der Waals surface area contributed by atoms with Gasteiger partial charge in [0.15, 0.2) is 0 Å². The van der Waals surface area contributed by atoms with Crippen LogP contribution >= 0.6 is 0 Å². The Hall–Kier alpha value is -2.10. The Kier molecular flexibility index (Phi) is 3.91. The fourth-order valence-corrected chi connectivity index (χ4v) is 1.41. The first kappa shape index (κ1) is 11.4. The zero-order chi connectivity index (χ0) is 11.9. The largest absolute Gasteiger partial charge is 0.360 e. The van der Waals surface area contributed by atoms with Crippen molar-refractivity contribution in [1.82, 2.24) is 9.97 Å². The maximum atomic E-state index is 4.41. The molecule has 4 nitrogen and oxygen atoms in total. The van der Waals surface area contributed by atoms with E-state index >= 15 is 0 Å². The summed E-state index contributed by atoms with van der Waals surface area (Å²) in [7, 11) is 0. The van der Waals surface area contributed by atoms with Crippen molar-refractivity contribution in [3.8, 4) is 0 Å². The molecule has 0 saturated heterocycles. The van der Waals surface area contributed by atoms with E-state index in [1.807, 2.05) is 56.0 Å². The highest BCUT2D eigenvalue weighted by atomic mass is 14.9. The summed E-state index contributed by atoms with van der Waals surface area (Å²) >= 11 is 0. The van der Waals surface area contributed by atoms with E-state index < -0.39 is 0 Å². The maximum absolute atomic E-state index is 4.41. The number of H-pyrrole nitrogens is 2. The van der Waals surface area contributed by atoms with Gasteiger partial charge in [-0.25, -0.2) is 0 Å². The van der Waals surface area contributed by atoms with Crippen LogP contribution in [0.4, 0.5) is 0 Å². The smallest absolute Gasteiger partial charge is 0.0667 e. The molecule has 0 aliphatic heterocycles. The van der Waals surface area contributed by atoms with Gasteiger partial charge in [0.25, 0.3) is 0 Å². The van der Waals surface area contributed by atoms with E-state index in [-0.39, 0.29) is 6.04 Å². The number of nitrogens with one attached hydrogen (secondary N) is 2. The third-order valence-electron chi connectivity index (χ3n) is 2.31. The lowest BCUT2D eigenvalue weighted by molar-refractivity contribution is 0.761. The molecule has 1 atom stereocenters. The van der Waals surface area contributed by atoms with Crippen molar-refractivity contribution in [3.63, 3.8) is 0 Å². The minimum absolute atomic E-state index is 0.185. The molecule has 2 aromatic heterocycles. The Labute approximate surface area is 101 Å². The van der Waals surface area contributed by atoms with Crippen LogP contribution in [0.2, 0.25) is 0 Å². The molecule has 0 aromatic carbocycles. The number of aromatic amines is 2. The molecule has 0 bridgehead atoms. The van der Waals surface area contributed by atoms with Crippen molar-refractivity contribution in [2.75, 3.05) is 6.54 Å². The first-order valence-corrected chi connectivity index (χ1v) is 5.64. The second-order valence-corrected chi connectivity index (χ2v) is 3.87. The molecule has 2 rings (SSSR count). The molecule has 88 valence electrons. The predicted octanol–water partition coefficient (Wildman–Crippen LogP) is 2.27. The monoisotopic (exact) mass is 228 g/mol. The van der Waals surface area contributed by atoms with Crippen LogP contribution in [-0.2, 0) is 0 Å². The molecule has 0 aliphatic carbocycles. The van der Waals surface area contributed by atoms with Gasteiger partial charge in [-0.1, -0.05) is 0 Å². The number of aromatic nitrogens is 2. The van der Waals surface area contributed by atoms with Gasteiger partial charge in [0.2, 0.25) is 0 Å². The summed E-state index contributed by atoms with van der Waals surface area (Å²) in [5.41, 5.74) is 2.04. The third kappa shape index (κ3) is 3.75. The lowest BCUT2D eigenvalue weighted by atomic mass is 10.3. The highest BCUT2D eigenvalue weighted by molar-refractivity contribution is 5.77. The van der Waals surface area contributed by atoms with Gasteiger partial charge in [0.1, 0.15) is 0 Å². The van der Waals surface area contributed by atoms with Crippen molar-refractivity contribution in [2.45, 2.75) is 13.0 Å². The molecule has 0 fully saturated rings. The Balaban J connectivity index is 1.79. The number of nitrogens with zero attached hydrogens (tertiary/aromatic N) is 2. The molecule has 2 aromatic rings. The SMILES string of the molecule is CC(CN=Cc1ccc[nH]1)N=Cc1ccc[nH]1. The first-order valence-electron chi connectivity index (χ1n) is 5.64. The average Bonchev–Trinajstić information content (AvgIpc) is 2.99. The summed E-state index contributed by atoms with van der Waals surface area (Å²) in [6.07, 6.45) is 7.44. The van der Waals surface area contributed by atoms with E-state index in [2.05, 4.69) is 20.0 Å². The molecule has 0 saturated carbocycles. The van der Waals surface area contributed by atoms with Gasteiger partial charge in [-0.15, -0.1) is 0 Å². The van der Waals surface area contributed by atoms with E-state index in [0.29, 0.717) is 6.54 Å². The van der Waals surface area contributed by atoms with Crippen LogP contribution < -0.4 is 0 Å².